The summed E-state index contributed by atoms with van der Waals surface area (Å²) in [6, 6.07) is 15.1. The summed E-state index contributed by atoms with van der Waals surface area (Å²) in [4.78, 5) is 16.5. The van der Waals surface area contributed by atoms with Crippen molar-refractivity contribution in [2.45, 2.75) is 57.7 Å². The summed E-state index contributed by atoms with van der Waals surface area (Å²) < 4.78 is 38.1. The van der Waals surface area contributed by atoms with Gasteiger partial charge in [-0.05, 0) is 61.2 Å². The zero-order chi connectivity index (χ0) is 27.9. The van der Waals surface area contributed by atoms with Crippen molar-refractivity contribution in [3.63, 3.8) is 0 Å². The second-order valence-corrected chi connectivity index (χ2v) is 9.79. The average Bonchev–Trinajstić information content (AvgIpc) is 2.86. The number of carbonyl (C=O) groups excluding carboxylic acids is 1. The maximum Gasteiger partial charge on any atom is 0.416 e. The van der Waals surface area contributed by atoms with Crippen LogP contribution in [0.1, 0.15) is 53.6 Å². The molecule has 3 aromatic rings. The van der Waals surface area contributed by atoms with Crippen LogP contribution in [0.2, 0.25) is 0 Å². The van der Waals surface area contributed by atoms with Crippen LogP contribution in [0.15, 0.2) is 60.7 Å². The molecule has 3 rings (SSSR count). The Morgan fingerprint density at radius 3 is 2.34 bits per heavy atom. The molecule has 5 N–H and O–H groups in total. The molecule has 0 saturated heterocycles. The Morgan fingerprint density at radius 2 is 1.68 bits per heavy atom. The lowest BCUT2D eigenvalue weighted by Gasteiger charge is -2.28. The van der Waals surface area contributed by atoms with Crippen LogP contribution >= 0.6 is 0 Å². The monoisotopic (exact) mass is 531 g/mol. The molecule has 204 valence electrons. The van der Waals surface area contributed by atoms with Gasteiger partial charge in [0, 0.05) is 18.6 Å². The molecule has 1 amide bonds. The summed E-state index contributed by atoms with van der Waals surface area (Å²) in [7, 11) is 0. The molecule has 0 bridgehead atoms. The molecule has 38 heavy (non-hydrogen) atoms. The summed E-state index contributed by atoms with van der Waals surface area (Å²) in [6.07, 6.45) is -4.61. The van der Waals surface area contributed by atoms with Crippen molar-refractivity contribution in [3.8, 4) is 5.75 Å². The molecule has 7 nitrogen and oxygen atoms in total. The number of benzene rings is 2. The number of aromatic nitrogens is 1. The Balaban J connectivity index is 1.51. The molecular formula is C28H32F3N3O4. The summed E-state index contributed by atoms with van der Waals surface area (Å²) in [5.41, 5.74) is 1.64. The minimum Gasteiger partial charge on any atom is -0.506 e. The van der Waals surface area contributed by atoms with Crippen LogP contribution in [0.25, 0.3) is 0 Å². The molecular weight excluding hydrogens is 499 g/mol. The van der Waals surface area contributed by atoms with E-state index < -0.39 is 30.0 Å². The van der Waals surface area contributed by atoms with Crippen molar-refractivity contribution in [1.82, 2.24) is 15.6 Å². The van der Waals surface area contributed by atoms with Crippen LogP contribution < -0.4 is 10.6 Å². The number of nitrogens with one attached hydrogen (secondary N) is 2. The number of aromatic hydroxyl groups is 1. The van der Waals surface area contributed by atoms with Crippen molar-refractivity contribution < 1.29 is 33.3 Å². The Labute approximate surface area is 219 Å². The van der Waals surface area contributed by atoms with Gasteiger partial charge in [0.1, 0.15) is 17.5 Å². The molecule has 0 fully saturated rings. The van der Waals surface area contributed by atoms with Gasteiger partial charge in [-0.15, -0.1) is 0 Å². The molecule has 1 atom stereocenters. The van der Waals surface area contributed by atoms with Gasteiger partial charge in [0.15, 0.2) is 0 Å². The molecule has 10 heteroatoms. The lowest BCUT2D eigenvalue weighted by atomic mass is 9.93. The van der Waals surface area contributed by atoms with Gasteiger partial charge in [-0.1, -0.05) is 36.4 Å². The number of amides is 1. The summed E-state index contributed by atoms with van der Waals surface area (Å²) in [6.45, 7) is 3.85. The van der Waals surface area contributed by atoms with Gasteiger partial charge in [0.25, 0.3) is 0 Å². The first-order valence-corrected chi connectivity index (χ1v) is 12.1. The van der Waals surface area contributed by atoms with E-state index in [2.05, 4.69) is 15.6 Å². The molecule has 0 aliphatic rings. The topological polar surface area (TPSA) is 115 Å². The SMILES string of the molecule is CC(C)(Cc1cccc(CC(=O)NCc2ccc(C(F)(F)F)cc2)c1)NCC(O)c1ccc(O)c(CO)n1. The number of rotatable bonds is 11. The van der Waals surface area contributed by atoms with Crippen molar-refractivity contribution >= 4 is 5.91 Å². The highest BCUT2D eigenvalue weighted by Gasteiger charge is 2.30. The highest BCUT2D eigenvalue weighted by atomic mass is 19.4. The predicted molar refractivity (Wildman–Crippen MR) is 136 cm³/mol. The number of aliphatic hydroxyl groups is 2. The van der Waals surface area contributed by atoms with E-state index in [1.54, 1.807) is 0 Å². The van der Waals surface area contributed by atoms with E-state index in [0.29, 0.717) is 17.7 Å². The molecule has 1 unspecified atom stereocenters. The molecule has 0 aliphatic carbocycles. The van der Waals surface area contributed by atoms with Crippen molar-refractivity contribution in [3.05, 3.63) is 94.3 Å². The van der Waals surface area contributed by atoms with Crippen molar-refractivity contribution in [1.29, 1.82) is 0 Å². The number of carbonyl (C=O) groups is 1. The quantitative estimate of drug-likeness (QED) is 0.257. The highest BCUT2D eigenvalue weighted by molar-refractivity contribution is 5.78. The lowest BCUT2D eigenvalue weighted by Crippen LogP contribution is -2.43. The van der Waals surface area contributed by atoms with Crippen LogP contribution in [0.3, 0.4) is 0 Å². The van der Waals surface area contributed by atoms with E-state index in [1.165, 1.54) is 24.3 Å². The number of β-amino-alcohol motifs (C(OH)–C–C–N with tert-alkyl or cyclic N) is 1. The standard InChI is InChI=1S/C28H32F3N3O4/c1-27(2,33-16-25(37)22-10-11-24(36)23(17-35)34-22)14-20-5-3-4-19(12-20)13-26(38)32-15-18-6-8-21(9-7-18)28(29,30)31/h3-12,25,33,35-37H,13-17H2,1-2H3,(H,32,38). The normalized spacial score (nSPS) is 12.8. The van der Waals surface area contributed by atoms with Gasteiger partial charge in [0.05, 0.1) is 24.3 Å². The minimum absolute atomic E-state index is 0.0982. The molecule has 1 aromatic heterocycles. The largest absolute Gasteiger partial charge is 0.506 e. The molecule has 2 aromatic carbocycles. The van der Waals surface area contributed by atoms with Gasteiger partial charge >= 0.3 is 6.18 Å². The van der Waals surface area contributed by atoms with Crippen LogP contribution in [0.4, 0.5) is 13.2 Å². The van der Waals surface area contributed by atoms with E-state index >= 15 is 0 Å². The summed E-state index contributed by atoms with van der Waals surface area (Å²) >= 11 is 0. The third kappa shape index (κ3) is 8.54. The maximum atomic E-state index is 12.7. The van der Waals surface area contributed by atoms with Crippen LogP contribution in [-0.2, 0) is 37.0 Å². The molecule has 0 saturated carbocycles. The fourth-order valence-electron chi connectivity index (χ4n) is 3.97. The van der Waals surface area contributed by atoms with Gasteiger partial charge in [-0.25, -0.2) is 4.98 Å². The maximum absolute atomic E-state index is 12.7. The van der Waals surface area contributed by atoms with Crippen molar-refractivity contribution in [2.24, 2.45) is 0 Å². The zero-order valence-electron chi connectivity index (χ0n) is 21.2. The van der Waals surface area contributed by atoms with E-state index in [4.69, 9.17) is 0 Å². The number of aliphatic hydroxyl groups excluding tert-OH is 2. The van der Waals surface area contributed by atoms with Gasteiger partial charge in [-0.3, -0.25) is 4.79 Å². The minimum atomic E-state index is -4.40. The first kappa shape index (κ1) is 29.1. The summed E-state index contributed by atoms with van der Waals surface area (Å²) in [5.74, 6) is -0.379. The van der Waals surface area contributed by atoms with Crippen LogP contribution in [0, 0.1) is 0 Å². The second kappa shape index (κ2) is 12.4. The van der Waals surface area contributed by atoms with Gasteiger partial charge < -0.3 is 26.0 Å². The number of hydrogen-bond donors (Lipinski definition) is 5. The van der Waals surface area contributed by atoms with E-state index in [0.717, 1.165) is 23.3 Å². The number of hydrogen-bond acceptors (Lipinski definition) is 6. The van der Waals surface area contributed by atoms with Crippen LogP contribution in [-0.4, -0.2) is 38.3 Å². The molecule has 0 spiro atoms. The van der Waals surface area contributed by atoms with E-state index in [9.17, 15) is 33.3 Å². The first-order chi connectivity index (χ1) is 17.9. The highest BCUT2D eigenvalue weighted by Crippen LogP contribution is 2.29. The smallest absolute Gasteiger partial charge is 0.416 e. The lowest BCUT2D eigenvalue weighted by molar-refractivity contribution is -0.137. The average molecular weight is 532 g/mol. The fraction of sp³-hybridized carbons (Fsp3) is 0.357. The first-order valence-electron chi connectivity index (χ1n) is 12.1. The Hall–Kier alpha value is -3.47. The van der Waals surface area contributed by atoms with Gasteiger partial charge in [0.2, 0.25) is 5.91 Å². The second-order valence-electron chi connectivity index (χ2n) is 9.79. The summed E-state index contributed by atoms with van der Waals surface area (Å²) in [5, 5.41) is 35.5. The zero-order valence-corrected chi connectivity index (χ0v) is 21.2. The third-order valence-electron chi connectivity index (χ3n) is 6.01. The molecule has 0 aliphatic heterocycles. The Bertz CT molecular complexity index is 1230. The Morgan fingerprint density at radius 1 is 1.00 bits per heavy atom. The number of pyridine rings is 1. The van der Waals surface area contributed by atoms with E-state index in [-0.39, 0.29) is 36.9 Å². The molecule has 0 radical (unpaired) electrons. The molecule has 1 heterocycles. The van der Waals surface area contributed by atoms with Gasteiger partial charge in [-0.2, -0.15) is 13.2 Å². The fourth-order valence-corrected chi connectivity index (χ4v) is 3.97. The predicted octanol–water partition coefficient (Wildman–Crippen LogP) is 3.80. The van der Waals surface area contributed by atoms with Crippen molar-refractivity contribution in [2.75, 3.05) is 6.54 Å². The number of halogens is 3. The van der Waals surface area contributed by atoms with E-state index in [1.807, 2.05) is 38.1 Å². The van der Waals surface area contributed by atoms with Crippen LogP contribution in [0.5, 0.6) is 5.75 Å². The third-order valence-corrected chi connectivity index (χ3v) is 6.01. The number of alkyl halides is 3. The number of nitrogens with zero attached hydrogens (tertiary/aromatic N) is 1. The Kier molecular flexibility index (Phi) is 9.48.